The van der Waals surface area contributed by atoms with Crippen molar-refractivity contribution in [1.29, 1.82) is 0 Å². The number of rotatable bonds is 9. The molecule has 0 bridgehead atoms. The van der Waals surface area contributed by atoms with Crippen LogP contribution in [0.4, 0.5) is 11.4 Å². The number of nitrogens with zero attached hydrogens (tertiary/aromatic N) is 1. The summed E-state index contributed by atoms with van der Waals surface area (Å²) < 4.78 is 0. The zero-order chi connectivity index (χ0) is 15.9. The Morgan fingerprint density at radius 3 is 2.59 bits per heavy atom. The first kappa shape index (κ1) is 16.2. The van der Waals surface area contributed by atoms with Gasteiger partial charge in [0, 0.05) is 43.4 Å². The van der Waals surface area contributed by atoms with Gasteiger partial charge in [0.15, 0.2) is 0 Å². The van der Waals surface area contributed by atoms with E-state index in [-0.39, 0.29) is 17.6 Å². The zero-order valence-corrected chi connectivity index (χ0v) is 12.5. The third-order valence-electron chi connectivity index (χ3n) is 3.78. The van der Waals surface area contributed by atoms with Crippen molar-refractivity contribution in [2.24, 2.45) is 11.7 Å². The topological polar surface area (TPSA) is 110 Å². The van der Waals surface area contributed by atoms with Crippen LogP contribution < -0.4 is 16.4 Å². The molecule has 1 atom stereocenters. The highest BCUT2D eigenvalue weighted by Gasteiger charge is 2.30. The summed E-state index contributed by atoms with van der Waals surface area (Å²) in [5, 5.41) is 16.7. The average Bonchev–Trinajstić information content (AvgIpc) is 3.34. The van der Waals surface area contributed by atoms with Crippen LogP contribution in [-0.4, -0.2) is 30.0 Å². The van der Waals surface area contributed by atoms with E-state index in [0.29, 0.717) is 31.8 Å². The molecule has 120 valence electrons. The molecular formula is C15H22N4O3. The van der Waals surface area contributed by atoms with Gasteiger partial charge in [0.25, 0.3) is 5.69 Å². The largest absolute Gasteiger partial charge is 0.385 e. The second-order valence-corrected chi connectivity index (χ2v) is 5.58. The Bertz CT molecular complexity index is 514. The van der Waals surface area contributed by atoms with Crippen LogP contribution in [0, 0.1) is 16.0 Å². The molecule has 7 heteroatoms. The van der Waals surface area contributed by atoms with Gasteiger partial charge < -0.3 is 16.4 Å². The third-order valence-corrected chi connectivity index (χ3v) is 3.78. The van der Waals surface area contributed by atoms with Gasteiger partial charge in [-0.25, -0.2) is 0 Å². The molecule has 1 unspecified atom stereocenters. The summed E-state index contributed by atoms with van der Waals surface area (Å²) in [6, 6.07) is 6.36. The maximum atomic E-state index is 11.8. The van der Waals surface area contributed by atoms with Gasteiger partial charge in [-0.05, 0) is 37.3 Å². The van der Waals surface area contributed by atoms with Gasteiger partial charge in [0.05, 0.1) is 4.92 Å². The van der Waals surface area contributed by atoms with Gasteiger partial charge in [-0.3, -0.25) is 14.9 Å². The van der Waals surface area contributed by atoms with Crippen molar-refractivity contribution in [3.63, 3.8) is 0 Å². The fourth-order valence-electron chi connectivity index (χ4n) is 2.33. The number of amides is 1. The highest BCUT2D eigenvalue weighted by molar-refractivity contribution is 5.76. The molecule has 0 aliphatic heterocycles. The smallest absolute Gasteiger partial charge is 0.269 e. The van der Waals surface area contributed by atoms with Crippen LogP contribution in [-0.2, 0) is 4.79 Å². The molecular weight excluding hydrogens is 284 g/mol. The molecule has 0 saturated heterocycles. The van der Waals surface area contributed by atoms with E-state index in [1.165, 1.54) is 12.1 Å². The van der Waals surface area contributed by atoms with Gasteiger partial charge in [-0.15, -0.1) is 0 Å². The second-order valence-electron chi connectivity index (χ2n) is 5.58. The summed E-state index contributed by atoms with van der Waals surface area (Å²) in [7, 11) is 0. The van der Waals surface area contributed by atoms with Crippen molar-refractivity contribution in [3.05, 3.63) is 34.4 Å². The first-order chi connectivity index (χ1) is 10.6. The Labute approximate surface area is 129 Å². The fourth-order valence-corrected chi connectivity index (χ4v) is 2.33. The first-order valence-corrected chi connectivity index (χ1v) is 7.58. The predicted molar refractivity (Wildman–Crippen MR) is 84.5 cm³/mol. The lowest BCUT2D eigenvalue weighted by molar-refractivity contribution is -0.384. The van der Waals surface area contributed by atoms with E-state index in [1.807, 2.05) is 0 Å². The van der Waals surface area contributed by atoms with E-state index in [1.54, 1.807) is 12.1 Å². The number of hydrogen-bond donors (Lipinski definition) is 3. The number of nitrogens with one attached hydrogen (secondary N) is 2. The van der Waals surface area contributed by atoms with Crippen LogP contribution in [0.3, 0.4) is 0 Å². The number of carbonyl (C=O) groups excluding carboxylic acids is 1. The van der Waals surface area contributed by atoms with E-state index >= 15 is 0 Å². The van der Waals surface area contributed by atoms with Crippen molar-refractivity contribution in [3.8, 4) is 0 Å². The molecule has 1 fully saturated rings. The minimum absolute atomic E-state index is 0.0350. The molecule has 0 radical (unpaired) electrons. The molecule has 22 heavy (non-hydrogen) atoms. The minimum Gasteiger partial charge on any atom is -0.385 e. The van der Waals surface area contributed by atoms with E-state index < -0.39 is 4.92 Å². The third kappa shape index (κ3) is 5.00. The molecule has 1 aliphatic carbocycles. The molecule has 4 N–H and O–H groups in total. The molecule has 1 aliphatic rings. The van der Waals surface area contributed by atoms with Crippen molar-refractivity contribution in [2.45, 2.75) is 31.7 Å². The molecule has 7 nitrogen and oxygen atoms in total. The summed E-state index contributed by atoms with van der Waals surface area (Å²) in [5.41, 5.74) is 6.53. The normalized spacial score (nSPS) is 15.1. The summed E-state index contributed by atoms with van der Waals surface area (Å²) >= 11 is 0. The first-order valence-electron chi connectivity index (χ1n) is 7.58. The molecule has 0 spiro atoms. The molecule has 2 rings (SSSR count). The van der Waals surface area contributed by atoms with Crippen LogP contribution in [0.2, 0.25) is 0 Å². The zero-order valence-electron chi connectivity index (χ0n) is 12.5. The lowest BCUT2D eigenvalue weighted by Gasteiger charge is -2.16. The van der Waals surface area contributed by atoms with Crippen LogP contribution in [0.5, 0.6) is 0 Å². The van der Waals surface area contributed by atoms with Gasteiger partial charge in [0.2, 0.25) is 5.91 Å². The van der Waals surface area contributed by atoms with Gasteiger partial charge >= 0.3 is 0 Å². The molecule has 0 aromatic heterocycles. The Morgan fingerprint density at radius 2 is 2.05 bits per heavy atom. The number of nitrogens with two attached hydrogens (primary N) is 1. The Balaban J connectivity index is 1.63. The Kier molecular flexibility index (Phi) is 5.71. The predicted octanol–water partition coefficient (Wildman–Crippen LogP) is 1.64. The van der Waals surface area contributed by atoms with Gasteiger partial charge in [-0.2, -0.15) is 0 Å². The molecule has 1 saturated carbocycles. The van der Waals surface area contributed by atoms with Crippen molar-refractivity contribution < 1.29 is 9.72 Å². The Hall–Kier alpha value is -2.15. The summed E-state index contributed by atoms with van der Waals surface area (Å²) in [5.74, 6) is 0.597. The fraction of sp³-hybridized carbons (Fsp3) is 0.533. The number of hydrogen-bond acceptors (Lipinski definition) is 5. The number of nitro benzene ring substituents is 1. The maximum Gasteiger partial charge on any atom is 0.269 e. The number of nitro groups is 1. The maximum absolute atomic E-state index is 11.8. The SMILES string of the molecule is NCC(NC(=O)CCCNc1ccc([N+](=O)[O-])cc1)C1CC1. The van der Waals surface area contributed by atoms with E-state index in [4.69, 9.17) is 5.73 Å². The molecule has 0 heterocycles. The van der Waals surface area contributed by atoms with Crippen LogP contribution in [0.25, 0.3) is 0 Å². The van der Waals surface area contributed by atoms with Crippen LogP contribution in [0.15, 0.2) is 24.3 Å². The summed E-state index contributed by atoms with van der Waals surface area (Å²) in [6.07, 6.45) is 3.46. The van der Waals surface area contributed by atoms with Crippen LogP contribution >= 0.6 is 0 Å². The number of benzene rings is 1. The Morgan fingerprint density at radius 1 is 1.36 bits per heavy atom. The van der Waals surface area contributed by atoms with Crippen molar-refractivity contribution in [2.75, 3.05) is 18.4 Å². The highest BCUT2D eigenvalue weighted by Crippen LogP contribution is 2.32. The monoisotopic (exact) mass is 306 g/mol. The molecule has 1 aromatic rings. The van der Waals surface area contributed by atoms with Crippen LogP contribution in [0.1, 0.15) is 25.7 Å². The average molecular weight is 306 g/mol. The second kappa shape index (κ2) is 7.74. The van der Waals surface area contributed by atoms with E-state index in [0.717, 1.165) is 18.5 Å². The van der Waals surface area contributed by atoms with E-state index in [2.05, 4.69) is 10.6 Å². The number of carbonyl (C=O) groups is 1. The number of non-ortho nitro benzene ring substituents is 1. The number of anilines is 1. The lowest BCUT2D eigenvalue weighted by atomic mass is 10.1. The standard InChI is InChI=1S/C15H22N4O3/c16-10-14(11-3-4-11)18-15(20)2-1-9-17-12-5-7-13(8-6-12)19(21)22/h5-8,11,14,17H,1-4,9-10,16H2,(H,18,20). The van der Waals surface area contributed by atoms with Crippen molar-refractivity contribution >= 4 is 17.3 Å². The quantitative estimate of drug-likeness (QED) is 0.365. The minimum atomic E-state index is -0.429. The molecule has 1 amide bonds. The highest BCUT2D eigenvalue weighted by atomic mass is 16.6. The summed E-state index contributed by atoms with van der Waals surface area (Å²) in [4.78, 5) is 21.9. The lowest BCUT2D eigenvalue weighted by Crippen LogP contribution is -2.41. The summed E-state index contributed by atoms with van der Waals surface area (Å²) in [6.45, 7) is 1.14. The molecule has 1 aromatic carbocycles. The van der Waals surface area contributed by atoms with Gasteiger partial charge in [-0.1, -0.05) is 0 Å². The van der Waals surface area contributed by atoms with Crippen molar-refractivity contribution in [1.82, 2.24) is 5.32 Å². The van der Waals surface area contributed by atoms with E-state index in [9.17, 15) is 14.9 Å². The van der Waals surface area contributed by atoms with Gasteiger partial charge in [0.1, 0.15) is 0 Å².